The number of sulfonamides is 1. The van der Waals surface area contributed by atoms with Crippen molar-refractivity contribution < 1.29 is 13.3 Å². The molecular weight excluding hydrogens is 449 g/mol. The minimum absolute atomic E-state index is 0.0792. The smallest absolute Gasteiger partial charge is 0.271 e. The number of nitro benzene ring substituents is 1. The largest absolute Gasteiger partial charge is 0.367 e. The molecule has 0 amide bonds. The molecule has 1 unspecified atom stereocenters. The number of halogens is 3. The molecule has 0 aromatic heterocycles. The van der Waals surface area contributed by atoms with Crippen molar-refractivity contribution in [2.45, 2.75) is 17.9 Å². The summed E-state index contributed by atoms with van der Waals surface area (Å²) in [6, 6.07) is 8.12. The van der Waals surface area contributed by atoms with E-state index in [1.54, 1.807) is 13.0 Å². The van der Waals surface area contributed by atoms with Crippen molar-refractivity contribution in [3.05, 3.63) is 61.6 Å². The van der Waals surface area contributed by atoms with Crippen LogP contribution >= 0.6 is 34.8 Å². The molecule has 11 heteroatoms. The summed E-state index contributed by atoms with van der Waals surface area (Å²) in [5.74, 6) is 0. The van der Waals surface area contributed by atoms with Gasteiger partial charge in [-0.15, -0.1) is 0 Å². The quantitative estimate of drug-likeness (QED) is 0.493. The standard InChI is InChI=1S/C17H16Cl3N3O4S/c1-11-10-21(17-5-2-12(23(24)25)8-16(17)20)6-7-22(11)28(26,27)13-3-4-14(18)15(19)9-13/h2-5,8-9,11H,6-7,10H2,1H3. The van der Waals surface area contributed by atoms with Crippen molar-refractivity contribution in [2.24, 2.45) is 0 Å². The summed E-state index contributed by atoms with van der Waals surface area (Å²) >= 11 is 18.0. The Labute approximate surface area is 177 Å². The molecule has 1 fully saturated rings. The molecule has 0 spiro atoms. The van der Waals surface area contributed by atoms with E-state index in [4.69, 9.17) is 34.8 Å². The average Bonchev–Trinajstić information content (AvgIpc) is 2.63. The van der Waals surface area contributed by atoms with E-state index < -0.39 is 14.9 Å². The molecule has 0 N–H and O–H groups in total. The van der Waals surface area contributed by atoms with Gasteiger partial charge in [0.1, 0.15) is 0 Å². The van der Waals surface area contributed by atoms with Gasteiger partial charge in [0.15, 0.2) is 0 Å². The van der Waals surface area contributed by atoms with E-state index in [2.05, 4.69) is 0 Å². The molecule has 150 valence electrons. The summed E-state index contributed by atoms with van der Waals surface area (Å²) in [6.45, 7) is 2.80. The van der Waals surface area contributed by atoms with E-state index in [9.17, 15) is 18.5 Å². The molecule has 1 aliphatic heterocycles. The summed E-state index contributed by atoms with van der Waals surface area (Å²) in [5.41, 5.74) is 0.535. The number of piperazine rings is 1. The lowest BCUT2D eigenvalue weighted by Gasteiger charge is -2.40. The van der Waals surface area contributed by atoms with Crippen LogP contribution in [0.1, 0.15) is 6.92 Å². The fourth-order valence-corrected chi connectivity index (χ4v) is 5.45. The van der Waals surface area contributed by atoms with Crippen LogP contribution in [0.3, 0.4) is 0 Å². The Kier molecular flexibility index (Phi) is 6.07. The van der Waals surface area contributed by atoms with Crippen molar-refractivity contribution in [3.8, 4) is 0 Å². The number of benzene rings is 2. The van der Waals surface area contributed by atoms with Crippen LogP contribution in [0.5, 0.6) is 0 Å². The fourth-order valence-electron chi connectivity index (χ4n) is 3.16. The molecular formula is C17H16Cl3N3O4S. The van der Waals surface area contributed by atoms with Gasteiger partial charge in [-0.1, -0.05) is 34.8 Å². The maximum atomic E-state index is 13.0. The van der Waals surface area contributed by atoms with Crippen LogP contribution in [0.2, 0.25) is 15.1 Å². The molecule has 7 nitrogen and oxygen atoms in total. The van der Waals surface area contributed by atoms with E-state index >= 15 is 0 Å². The zero-order valence-electron chi connectivity index (χ0n) is 14.7. The van der Waals surface area contributed by atoms with Gasteiger partial charge in [-0.05, 0) is 31.2 Å². The van der Waals surface area contributed by atoms with Gasteiger partial charge >= 0.3 is 0 Å². The third-order valence-corrected chi connectivity index (χ3v) is 7.60. The molecule has 2 aromatic carbocycles. The average molecular weight is 465 g/mol. The number of non-ortho nitro benzene ring substituents is 1. The zero-order valence-corrected chi connectivity index (χ0v) is 17.8. The minimum atomic E-state index is -3.74. The van der Waals surface area contributed by atoms with Crippen LogP contribution in [-0.2, 0) is 10.0 Å². The maximum absolute atomic E-state index is 13.0. The van der Waals surface area contributed by atoms with Crippen LogP contribution < -0.4 is 4.90 Å². The van der Waals surface area contributed by atoms with Crippen LogP contribution in [0, 0.1) is 10.1 Å². The van der Waals surface area contributed by atoms with Gasteiger partial charge in [0, 0.05) is 37.8 Å². The van der Waals surface area contributed by atoms with Crippen molar-refractivity contribution >= 4 is 56.2 Å². The van der Waals surface area contributed by atoms with E-state index in [0.29, 0.717) is 18.8 Å². The highest BCUT2D eigenvalue weighted by molar-refractivity contribution is 7.89. The summed E-state index contributed by atoms with van der Waals surface area (Å²) in [4.78, 5) is 12.3. The predicted molar refractivity (Wildman–Crippen MR) is 110 cm³/mol. The Morgan fingerprint density at radius 3 is 2.32 bits per heavy atom. The third-order valence-electron chi connectivity index (χ3n) is 4.55. The summed E-state index contributed by atoms with van der Waals surface area (Å²) in [5, 5.41) is 11.6. The summed E-state index contributed by atoms with van der Waals surface area (Å²) in [6.07, 6.45) is 0. The zero-order chi connectivity index (χ0) is 20.6. The first-order valence-electron chi connectivity index (χ1n) is 8.27. The molecule has 3 rings (SSSR count). The van der Waals surface area contributed by atoms with Crippen molar-refractivity contribution in [1.29, 1.82) is 0 Å². The Balaban J connectivity index is 1.81. The van der Waals surface area contributed by atoms with E-state index in [-0.39, 0.29) is 38.2 Å². The normalized spacial score (nSPS) is 18.3. The molecule has 28 heavy (non-hydrogen) atoms. The molecule has 1 heterocycles. The second-order valence-corrected chi connectivity index (χ2v) is 9.49. The highest BCUT2D eigenvalue weighted by atomic mass is 35.5. The molecule has 2 aromatic rings. The van der Waals surface area contributed by atoms with Crippen LogP contribution in [0.4, 0.5) is 11.4 Å². The second-order valence-electron chi connectivity index (χ2n) is 6.38. The molecule has 1 atom stereocenters. The third kappa shape index (κ3) is 4.06. The first-order valence-corrected chi connectivity index (χ1v) is 10.8. The van der Waals surface area contributed by atoms with E-state index in [0.717, 1.165) is 0 Å². The Bertz CT molecular complexity index is 1030. The lowest BCUT2D eigenvalue weighted by atomic mass is 10.2. The number of hydrogen-bond acceptors (Lipinski definition) is 5. The van der Waals surface area contributed by atoms with Gasteiger partial charge in [-0.25, -0.2) is 8.42 Å². The van der Waals surface area contributed by atoms with Crippen LogP contribution in [0.15, 0.2) is 41.3 Å². The summed E-state index contributed by atoms with van der Waals surface area (Å²) < 4.78 is 27.4. The molecule has 0 saturated carbocycles. The highest BCUT2D eigenvalue weighted by Crippen LogP contribution is 2.33. The number of anilines is 1. The number of rotatable bonds is 4. The Hall–Kier alpha value is -1.58. The van der Waals surface area contributed by atoms with Crippen LogP contribution in [0.25, 0.3) is 0 Å². The van der Waals surface area contributed by atoms with E-state index in [1.165, 1.54) is 34.6 Å². The van der Waals surface area contributed by atoms with Gasteiger partial charge in [0.05, 0.1) is 30.6 Å². The molecule has 0 radical (unpaired) electrons. The molecule has 0 aliphatic carbocycles. The molecule has 0 bridgehead atoms. The first-order chi connectivity index (χ1) is 13.1. The topological polar surface area (TPSA) is 83.8 Å². The SMILES string of the molecule is CC1CN(c2ccc([N+](=O)[O-])cc2Cl)CCN1S(=O)(=O)c1ccc(Cl)c(Cl)c1. The van der Waals surface area contributed by atoms with Gasteiger partial charge in [0.2, 0.25) is 10.0 Å². The summed E-state index contributed by atoms with van der Waals surface area (Å²) in [7, 11) is -3.74. The fraction of sp³-hybridized carbons (Fsp3) is 0.294. The lowest BCUT2D eigenvalue weighted by molar-refractivity contribution is -0.384. The van der Waals surface area contributed by atoms with Crippen molar-refractivity contribution in [2.75, 3.05) is 24.5 Å². The number of hydrogen-bond donors (Lipinski definition) is 0. The molecule has 1 saturated heterocycles. The van der Waals surface area contributed by atoms with Crippen molar-refractivity contribution in [3.63, 3.8) is 0 Å². The first kappa shape index (κ1) is 21.1. The Morgan fingerprint density at radius 1 is 1.04 bits per heavy atom. The van der Waals surface area contributed by atoms with Gasteiger partial charge in [0.25, 0.3) is 5.69 Å². The van der Waals surface area contributed by atoms with Gasteiger partial charge in [-0.2, -0.15) is 4.31 Å². The minimum Gasteiger partial charge on any atom is -0.367 e. The number of nitrogens with zero attached hydrogens (tertiary/aromatic N) is 3. The van der Waals surface area contributed by atoms with Crippen LogP contribution in [-0.4, -0.2) is 43.3 Å². The highest BCUT2D eigenvalue weighted by Gasteiger charge is 2.34. The predicted octanol–water partition coefficient (Wildman–Crippen LogP) is 4.45. The van der Waals surface area contributed by atoms with Crippen molar-refractivity contribution in [1.82, 2.24) is 4.31 Å². The number of nitro groups is 1. The van der Waals surface area contributed by atoms with Gasteiger partial charge in [-0.3, -0.25) is 10.1 Å². The lowest BCUT2D eigenvalue weighted by Crippen LogP contribution is -2.54. The Morgan fingerprint density at radius 2 is 1.75 bits per heavy atom. The maximum Gasteiger partial charge on any atom is 0.271 e. The van der Waals surface area contributed by atoms with Gasteiger partial charge < -0.3 is 4.90 Å². The molecule has 1 aliphatic rings. The monoisotopic (exact) mass is 463 g/mol. The second kappa shape index (κ2) is 8.04. The van der Waals surface area contributed by atoms with E-state index in [1.807, 2.05) is 4.90 Å².